The number of hydrogen-bond donors (Lipinski definition) is 0. The molecule has 0 saturated heterocycles. The van der Waals surface area contributed by atoms with Crippen molar-refractivity contribution in [1.82, 2.24) is 14.4 Å². The summed E-state index contributed by atoms with van der Waals surface area (Å²) in [5.74, 6) is 0.767. The summed E-state index contributed by atoms with van der Waals surface area (Å²) in [7, 11) is 3.55. The molecule has 0 bridgehead atoms. The Morgan fingerprint density at radius 2 is 1.87 bits per heavy atom. The molecule has 1 aromatic carbocycles. The lowest BCUT2D eigenvalue weighted by Gasteiger charge is -2.32. The average Bonchev–Trinajstić information content (AvgIpc) is 3.14. The summed E-state index contributed by atoms with van der Waals surface area (Å²) in [6, 6.07) is 11.0. The smallest absolute Gasteiger partial charge is 0.254 e. The molecule has 0 unspecified atom stereocenters. The Morgan fingerprint density at radius 3 is 2.43 bits per heavy atom. The molecular formula is C24H35N3O3. The van der Waals surface area contributed by atoms with E-state index >= 15 is 0 Å². The standard InChI is InChI=1S/C24H35N3O3/c1-7-19(4)27(24(29)20-10-8-12-22(14-20)30-6)17-23(28)26(15-18(2)3)16-21-11-9-13-25(21)5/h8-14,18-19H,7,15-17H2,1-6H3/t19-/m1/s1. The van der Waals surface area contributed by atoms with E-state index in [1.807, 2.05) is 48.7 Å². The summed E-state index contributed by atoms with van der Waals surface area (Å²) in [5, 5.41) is 0. The van der Waals surface area contributed by atoms with Crippen molar-refractivity contribution < 1.29 is 14.3 Å². The van der Waals surface area contributed by atoms with Crippen LogP contribution in [0.15, 0.2) is 42.6 Å². The number of amides is 2. The molecule has 0 radical (unpaired) electrons. The predicted molar refractivity (Wildman–Crippen MR) is 119 cm³/mol. The van der Waals surface area contributed by atoms with Gasteiger partial charge in [0.15, 0.2) is 0 Å². The lowest BCUT2D eigenvalue weighted by atomic mass is 10.1. The number of benzene rings is 1. The second-order valence-electron chi connectivity index (χ2n) is 8.20. The highest BCUT2D eigenvalue weighted by Gasteiger charge is 2.26. The van der Waals surface area contributed by atoms with Crippen LogP contribution in [0.25, 0.3) is 0 Å². The van der Waals surface area contributed by atoms with Crippen LogP contribution in [0.5, 0.6) is 5.75 Å². The summed E-state index contributed by atoms with van der Waals surface area (Å²) in [6.07, 6.45) is 2.75. The highest BCUT2D eigenvalue weighted by molar-refractivity contribution is 5.97. The zero-order chi connectivity index (χ0) is 22.3. The fourth-order valence-corrected chi connectivity index (χ4v) is 3.37. The molecule has 30 heavy (non-hydrogen) atoms. The Morgan fingerprint density at radius 1 is 1.13 bits per heavy atom. The van der Waals surface area contributed by atoms with Gasteiger partial charge in [-0.25, -0.2) is 0 Å². The molecule has 164 valence electrons. The molecule has 6 heteroatoms. The maximum atomic E-state index is 13.3. The topological polar surface area (TPSA) is 54.8 Å². The van der Waals surface area contributed by atoms with Gasteiger partial charge in [-0.15, -0.1) is 0 Å². The molecule has 0 spiro atoms. The van der Waals surface area contributed by atoms with Gasteiger partial charge in [0.2, 0.25) is 5.91 Å². The third-order valence-electron chi connectivity index (χ3n) is 5.35. The fraction of sp³-hybridized carbons (Fsp3) is 0.500. The van der Waals surface area contributed by atoms with E-state index in [-0.39, 0.29) is 24.4 Å². The van der Waals surface area contributed by atoms with Gasteiger partial charge in [-0.3, -0.25) is 9.59 Å². The van der Waals surface area contributed by atoms with Crippen LogP contribution in [0.4, 0.5) is 0 Å². The quantitative estimate of drug-likeness (QED) is 0.592. The zero-order valence-corrected chi connectivity index (χ0v) is 19.1. The van der Waals surface area contributed by atoms with Crippen LogP contribution >= 0.6 is 0 Å². The lowest BCUT2D eigenvalue weighted by molar-refractivity contribution is -0.133. The van der Waals surface area contributed by atoms with Gasteiger partial charge in [-0.05, 0) is 49.6 Å². The number of hydrogen-bond acceptors (Lipinski definition) is 3. The Hall–Kier alpha value is -2.76. The van der Waals surface area contributed by atoms with Gasteiger partial charge in [0, 0.05) is 37.1 Å². The molecule has 6 nitrogen and oxygen atoms in total. The largest absolute Gasteiger partial charge is 0.497 e. The minimum Gasteiger partial charge on any atom is -0.497 e. The maximum Gasteiger partial charge on any atom is 0.254 e. The Labute approximate surface area is 180 Å². The second kappa shape index (κ2) is 10.9. The van der Waals surface area contributed by atoms with Crippen LogP contribution in [0.1, 0.15) is 50.2 Å². The van der Waals surface area contributed by atoms with Crippen molar-refractivity contribution in [2.24, 2.45) is 13.0 Å². The van der Waals surface area contributed by atoms with Crippen LogP contribution in [0, 0.1) is 5.92 Å². The summed E-state index contributed by atoms with van der Waals surface area (Å²) in [5.41, 5.74) is 1.60. The number of methoxy groups -OCH3 is 1. The Balaban J connectivity index is 2.24. The number of rotatable bonds is 10. The Bertz CT molecular complexity index is 844. The molecule has 2 rings (SSSR count). The predicted octanol–water partition coefficient (Wildman–Crippen LogP) is 3.96. The number of ether oxygens (including phenoxy) is 1. The minimum atomic E-state index is -0.153. The summed E-state index contributed by atoms with van der Waals surface area (Å²) in [6.45, 7) is 9.43. The Kier molecular flexibility index (Phi) is 8.51. The van der Waals surface area contributed by atoms with Crippen molar-refractivity contribution in [3.8, 4) is 5.75 Å². The van der Waals surface area contributed by atoms with Crippen LogP contribution in [-0.4, -0.2) is 52.4 Å². The lowest BCUT2D eigenvalue weighted by Crippen LogP contribution is -2.47. The molecule has 2 aromatic rings. The van der Waals surface area contributed by atoms with Gasteiger partial charge in [-0.1, -0.05) is 26.8 Å². The van der Waals surface area contributed by atoms with Gasteiger partial charge in [0.1, 0.15) is 12.3 Å². The van der Waals surface area contributed by atoms with Gasteiger partial charge in [0.05, 0.1) is 13.7 Å². The van der Waals surface area contributed by atoms with E-state index in [1.165, 1.54) is 0 Å². The first-order valence-corrected chi connectivity index (χ1v) is 10.6. The molecule has 0 aliphatic rings. The fourth-order valence-electron chi connectivity index (χ4n) is 3.37. The molecule has 0 fully saturated rings. The molecule has 0 aliphatic carbocycles. The average molecular weight is 414 g/mol. The first kappa shape index (κ1) is 23.5. The molecule has 1 aromatic heterocycles. The molecular weight excluding hydrogens is 378 g/mol. The monoisotopic (exact) mass is 413 g/mol. The highest BCUT2D eigenvalue weighted by Crippen LogP contribution is 2.18. The van der Waals surface area contributed by atoms with Crippen LogP contribution in [0.3, 0.4) is 0 Å². The number of carbonyl (C=O) groups is 2. The van der Waals surface area contributed by atoms with Crippen LogP contribution < -0.4 is 4.74 Å². The van der Waals surface area contributed by atoms with Gasteiger partial charge in [0.25, 0.3) is 5.91 Å². The minimum absolute atomic E-state index is 0.0403. The van der Waals surface area contributed by atoms with Crippen molar-refractivity contribution in [2.75, 3.05) is 20.2 Å². The van der Waals surface area contributed by atoms with Crippen molar-refractivity contribution in [2.45, 2.75) is 46.7 Å². The van der Waals surface area contributed by atoms with E-state index < -0.39 is 0 Å². The zero-order valence-electron chi connectivity index (χ0n) is 19.1. The van der Waals surface area contributed by atoms with Crippen molar-refractivity contribution >= 4 is 11.8 Å². The highest BCUT2D eigenvalue weighted by atomic mass is 16.5. The first-order chi connectivity index (χ1) is 14.3. The molecule has 1 heterocycles. The summed E-state index contributed by atoms with van der Waals surface area (Å²) in [4.78, 5) is 30.1. The van der Waals surface area contributed by atoms with Gasteiger partial charge in [-0.2, -0.15) is 0 Å². The van der Waals surface area contributed by atoms with Gasteiger partial charge < -0.3 is 19.1 Å². The number of aryl methyl sites for hydroxylation is 1. The molecule has 2 amide bonds. The van der Waals surface area contributed by atoms with Crippen molar-refractivity contribution in [3.63, 3.8) is 0 Å². The summed E-state index contributed by atoms with van der Waals surface area (Å²) < 4.78 is 7.28. The van der Waals surface area contributed by atoms with E-state index in [9.17, 15) is 9.59 Å². The van der Waals surface area contributed by atoms with Crippen molar-refractivity contribution in [3.05, 3.63) is 53.9 Å². The van der Waals surface area contributed by atoms with E-state index in [4.69, 9.17) is 4.74 Å². The van der Waals surface area contributed by atoms with E-state index in [0.717, 1.165) is 12.1 Å². The van der Waals surface area contributed by atoms with Crippen molar-refractivity contribution in [1.29, 1.82) is 0 Å². The second-order valence-corrected chi connectivity index (χ2v) is 8.20. The van der Waals surface area contributed by atoms with Crippen LogP contribution in [0.2, 0.25) is 0 Å². The van der Waals surface area contributed by atoms with E-state index in [1.54, 1.807) is 36.3 Å². The normalized spacial score (nSPS) is 12.0. The number of aromatic nitrogens is 1. The van der Waals surface area contributed by atoms with Gasteiger partial charge >= 0.3 is 0 Å². The number of nitrogens with zero attached hydrogens (tertiary/aromatic N) is 3. The third-order valence-corrected chi connectivity index (χ3v) is 5.35. The molecule has 0 N–H and O–H groups in total. The summed E-state index contributed by atoms with van der Waals surface area (Å²) >= 11 is 0. The van der Waals surface area contributed by atoms with Crippen LogP contribution in [-0.2, 0) is 18.4 Å². The van der Waals surface area contributed by atoms with E-state index in [0.29, 0.717) is 30.3 Å². The molecule has 0 aliphatic heterocycles. The SMILES string of the molecule is CC[C@@H](C)N(CC(=O)N(Cc1cccn1C)CC(C)C)C(=O)c1cccc(OC)c1. The maximum absolute atomic E-state index is 13.3. The molecule has 0 saturated carbocycles. The first-order valence-electron chi connectivity index (χ1n) is 10.6. The third kappa shape index (κ3) is 6.12. The van der Waals surface area contributed by atoms with E-state index in [2.05, 4.69) is 13.8 Å². The molecule has 1 atom stereocenters. The number of carbonyl (C=O) groups excluding carboxylic acids is 2.